The highest BCUT2D eigenvalue weighted by Crippen LogP contribution is 2.25. The van der Waals surface area contributed by atoms with Crippen LogP contribution in [0.4, 0.5) is 10.6 Å². The molecule has 8 heteroatoms. The van der Waals surface area contributed by atoms with Crippen molar-refractivity contribution in [1.82, 2.24) is 25.2 Å². The summed E-state index contributed by atoms with van der Waals surface area (Å²) in [7, 11) is 0. The van der Waals surface area contributed by atoms with Crippen LogP contribution in [-0.4, -0.2) is 26.0 Å². The maximum Gasteiger partial charge on any atom is 0.321 e. The normalized spacial score (nSPS) is 17.4. The van der Waals surface area contributed by atoms with E-state index in [1.165, 1.54) is 0 Å². The summed E-state index contributed by atoms with van der Waals surface area (Å²) < 4.78 is 7.17. The van der Waals surface area contributed by atoms with E-state index in [1.807, 2.05) is 32.4 Å². The number of hydrogen-bond acceptors (Lipinski definition) is 5. The minimum absolute atomic E-state index is 0.138. The number of amides is 2. The highest BCUT2D eigenvalue weighted by Gasteiger charge is 2.26. The lowest BCUT2D eigenvalue weighted by molar-refractivity contribution is 0.244. The number of fused-ring (bicyclic) bond motifs is 1. The van der Waals surface area contributed by atoms with E-state index in [0.717, 1.165) is 43.2 Å². The van der Waals surface area contributed by atoms with Gasteiger partial charge in [-0.25, -0.2) is 14.5 Å². The van der Waals surface area contributed by atoms with E-state index in [2.05, 4.69) is 25.9 Å². The van der Waals surface area contributed by atoms with Crippen molar-refractivity contribution < 1.29 is 9.32 Å². The highest BCUT2D eigenvalue weighted by molar-refractivity contribution is 5.88. The number of aromatic nitrogens is 4. The van der Waals surface area contributed by atoms with Gasteiger partial charge in [-0.2, -0.15) is 5.10 Å². The summed E-state index contributed by atoms with van der Waals surface area (Å²) in [5.41, 5.74) is -0.153. The van der Waals surface area contributed by atoms with Gasteiger partial charge in [0.1, 0.15) is 11.6 Å². The lowest BCUT2D eigenvalue weighted by Gasteiger charge is -2.22. The molecule has 0 fully saturated rings. The van der Waals surface area contributed by atoms with Crippen LogP contribution in [0, 0.1) is 0 Å². The molecule has 0 radical (unpaired) electrons. The first kappa shape index (κ1) is 16.5. The van der Waals surface area contributed by atoms with Crippen LogP contribution in [0.1, 0.15) is 64.0 Å². The summed E-state index contributed by atoms with van der Waals surface area (Å²) in [4.78, 5) is 16.8. The molecule has 0 bridgehead atoms. The molecule has 2 aromatic rings. The van der Waals surface area contributed by atoms with Gasteiger partial charge in [0.15, 0.2) is 11.6 Å². The van der Waals surface area contributed by atoms with Gasteiger partial charge in [0.2, 0.25) is 0 Å². The van der Waals surface area contributed by atoms with Gasteiger partial charge in [-0.05, 0) is 12.8 Å². The topological polar surface area (TPSA) is 97.9 Å². The molecule has 24 heavy (non-hydrogen) atoms. The molecule has 0 saturated carbocycles. The van der Waals surface area contributed by atoms with Crippen molar-refractivity contribution in [2.24, 2.45) is 0 Å². The molecule has 2 aromatic heterocycles. The Balaban J connectivity index is 1.66. The number of carbonyl (C=O) groups excluding carboxylic acids is 1. The van der Waals surface area contributed by atoms with Gasteiger partial charge in [0.25, 0.3) is 0 Å². The molecule has 1 aliphatic rings. The third kappa shape index (κ3) is 3.42. The Labute approximate surface area is 141 Å². The fourth-order valence-electron chi connectivity index (χ4n) is 2.68. The summed E-state index contributed by atoms with van der Waals surface area (Å²) in [5, 5.41) is 14.0. The van der Waals surface area contributed by atoms with Crippen molar-refractivity contribution in [3.8, 4) is 0 Å². The molecule has 0 saturated heterocycles. The average Bonchev–Trinajstić information content (AvgIpc) is 3.13. The first-order valence-corrected chi connectivity index (χ1v) is 8.35. The Hall–Kier alpha value is -2.38. The van der Waals surface area contributed by atoms with Gasteiger partial charge in [0.05, 0.1) is 6.04 Å². The fourth-order valence-corrected chi connectivity index (χ4v) is 2.68. The molecular weight excluding hydrogens is 308 g/mol. The first-order chi connectivity index (χ1) is 11.4. The molecule has 1 atom stereocenters. The summed E-state index contributed by atoms with van der Waals surface area (Å²) in [6, 6.07) is 1.29. The maximum absolute atomic E-state index is 12.3. The molecule has 8 nitrogen and oxygen atoms in total. The zero-order chi connectivity index (χ0) is 17.3. The predicted molar refractivity (Wildman–Crippen MR) is 88.7 cm³/mol. The number of aryl methyl sites for hydroxylation is 2. The lowest BCUT2D eigenvalue weighted by Crippen LogP contribution is -2.36. The van der Waals surface area contributed by atoms with Crippen molar-refractivity contribution in [2.45, 2.75) is 65.0 Å². The van der Waals surface area contributed by atoms with Crippen LogP contribution in [0.3, 0.4) is 0 Å². The Morgan fingerprint density at radius 3 is 2.92 bits per heavy atom. The smallest absolute Gasteiger partial charge is 0.321 e. The second-order valence-corrected chi connectivity index (χ2v) is 7.08. The van der Waals surface area contributed by atoms with Crippen molar-refractivity contribution in [1.29, 1.82) is 0 Å². The van der Waals surface area contributed by atoms with E-state index in [4.69, 9.17) is 4.52 Å². The Morgan fingerprint density at radius 2 is 2.25 bits per heavy atom. The average molecular weight is 332 g/mol. The Kier molecular flexibility index (Phi) is 4.29. The van der Waals surface area contributed by atoms with E-state index < -0.39 is 0 Å². The Morgan fingerprint density at radius 1 is 1.46 bits per heavy atom. The standard InChI is InChI=1S/C16H24N6O2/c1-5-12-18-14-10(7-6-8-22(14)20-12)17-15(23)19-13-9-11(24-21-13)16(2,3)4/h9-10H,5-8H2,1-4H3,(H2,17,19,21,23)/t10-/m1/s1. The monoisotopic (exact) mass is 332 g/mol. The largest absolute Gasteiger partial charge is 0.359 e. The van der Waals surface area contributed by atoms with Crippen LogP contribution in [-0.2, 0) is 18.4 Å². The Bertz CT molecular complexity index is 727. The van der Waals surface area contributed by atoms with E-state index in [-0.39, 0.29) is 17.5 Å². The third-order valence-electron chi connectivity index (χ3n) is 4.03. The molecule has 2 amide bonds. The van der Waals surface area contributed by atoms with Crippen LogP contribution in [0.15, 0.2) is 10.6 Å². The van der Waals surface area contributed by atoms with Crippen molar-refractivity contribution >= 4 is 11.8 Å². The van der Waals surface area contributed by atoms with Crippen molar-refractivity contribution in [3.63, 3.8) is 0 Å². The maximum atomic E-state index is 12.3. The zero-order valence-electron chi connectivity index (χ0n) is 14.6. The molecular formula is C16H24N6O2. The van der Waals surface area contributed by atoms with Gasteiger partial charge >= 0.3 is 6.03 Å². The number of nitrogens with zero attached hydrogens (tertiary/aromatic N) is 4. The molecule has 0 aliphatic carbocycles. The van der Waals surface area contributed by atoms with Crippen LogP contribution in [0.25, 0.3) is 0 Å². The molecule has 3 rings (SSSR count). The second kappa shape index (κ2) is 6.26. The zero-order valence-corrected chi connectivity index (χ0v) is 14.6. The SMILES string of the molecule is CCc1nc2n(n1)CCC[C@H]2NC(=O)Nc1cc(C(C)(C)C)on1. The number of nitrogens with one attached hydrogen (secondary N) is 2. The summed E-state index contributed by atoms with van der Waals surface area (Å²) >= 11 is 0. The van der Waals surface area contributed by atoms with Crippen molar-refractivity contribution in [2.75, 3.05) is 5.32 Å². The van der Waals surface area contributed by atoms with E-state index in [9.17, 15) is 4.79 Å². The van der Waals surface area contributed by atoms with Crippen LogP contribution >= 0.6 is 0 Å². The second-order valence-electron chi connectivity index (χ2n) is 7.08. The summed E-state index contributed by atoms with van der Waals surface area (Å²) in [5.74, 6) is 2.76. The van der Waals surface area contributed by atoms with Crippen LogP contribution in [0.2, 0.25) is 0 Å². The minimum Gasteiger partial charge on any atom is -0.359 e. The van der Waals surface area contributed by atoms with Gasteiger partial charge in [-0.15, -0.1) is 0 Å². The van der Waals surface area contributed by atoms with E-state index in [1.54, 1.807) is 6.07 Å². The number of anilines is 1. The van der Waals surface area contributed by atoms with E-state index >= 15 is 0 Å². The number of hydrogen-bond donors (Lipinski definition) is 2. The quantitative estimate of drug-likeness (QED) is 0.900. The van der Waals surface area contributed by atoms with Crippen LogP contribution in [0.5, 0.6) is 0 Å². The van der Waals surface area contributed by atoms with Crippen molar-refractivity contribution in [3.05, 3.63) is 23.5 Å². The molecule has 3 heterocycles. The number of urea groups is 1. The van der Waals surface area contributed by atoms with Gasteiger partial charge in [0, 0.05) is 24.4 Å². The van der Waals surface area contributed by atoms with Crippen LogP contribution < -0.4 is 10.6 Å². The highest BCUT2D eigenvalue weighted by atomic mass is 16.5. The summed E-state index contributed by atoms with van der Waals surface area (Å²) in [6.07, 6.45) is 2.59. The molecule has 0 unspecified atom stereocenters. The molecule has 1 aliphatic heterocycles. The lowest BCUT2D eigenvalue weighted by atomic mass is 9.93. The van der Waals surface area contributed by atoms with Gasteiger partial charge < -0.3 is 9.84 Å². The van der Waals surface area contributed by atoms with Gasteiger partial charge in [-0.1, -0.05) is 32.9 Å². The number of carbonyl (C=O) groups is 1. The fraction of sp³-hybridized carbons (Fsp3) is 0.625. The minimum atomic E-state index is -0.316. The van der Waals surface area contributed by atoms with E-state index in [0.29, 0.717) is 5.82 Å². The molecule has 130 valence electrons. The predicted octanol–water partition coefficient (Wildman–Crippen LogP) is 2.78. The molecule has 0 aromatic carbocycles. The number of rotatable bonds is 3. The first-order valence-electron chi connectivity index (χ1n) is 8.35. The van der Waals surface area contributed by atoms with Gasteiger partial charge in [-0.3, -0.25) is 5.32 Å². The summed E-state index contributed by atoms with van der Waals surface area (Å²) in [6.45, 7) is 8.95. The molecule has 2 N–H and O–H groups in total. The molecule has 0 spiro atoms. The third-order valence-corrected chi connectivity index (χ3v) is 4.03.